The molecule has 0 bridgehead atoms. The first-order valence-electron chi connectivity index (χ1n) is 6.88. The average molecular weight is 352 g/mol. The van der Waals surface area contributed by atoms with Gasteiger partial charge in [-0.3, -0.25) is 0 Å². The van der Waals surface area contributed by atoms with Crippen molar-refractivity contribution in [3.8, 4) is 0 Å². The second-order valence-electron chi connectivity index (χ2n) is 5.36. The van der Waals surface area contributed by atoms with Crippen molar-refractivity contribution in [2.45, 2.75) is 31.3 Å². The molecular formula is C17H16BrClO. The molecule has 104 valence electrons. The first kappa shape index (κ1) is 14.1. The summed E-state index contributed by atoms with van der Waals surface area (Å²) < 4.78 is 0.834. The molecule has 1 aliphatic carbocycles. The Labute approximate surface area is 132 Å². The molecule has 2 aromatic rings. The smallest absolute Gasteiger partial charge is 0.105 e. The Morgan fingerprint density at radius 1 is 1.10 bits per heavy atom. The fraction of sp³-hybridized carbons (Fsp3) is 0.294. The zero-order chi connectivity index (χ0) is 14.1. The van der Waals surface area contributed by atoms with Gasteiger partial charge in [-0.15, -0.1) is 0 Å². The van der Waals surface area contributed by atoms with E-state index in [0.29, 0.717) is 5.02 Å². The Balaban J connectivity index is 1.84. The molecule has 0 radical (unpaired) electrons. The molecule has 0 aliphatic heterocycles. The molecule has 0 aromatic heterocycles. The molecule has 20 heavy (non-hydrogen) atoms. The van der Waals surface area contributed by atoms with E-state index in [-0.39, 0.29) is 0 Å². The fourth-order valence-electron chi connectivity index (χ4n) is 2.59. The van der Waals surface area contributed by atoms with Gasteiger partial charge < -0.3 is 5.11 Å². The van der Waals surface area contributed by atoms with Crippen LogP contribution in [-0.4, -0.2) is 5.11 Å². The summed E-state index contributed by atoms with van der Waals surface area (Å²) in [5.41, 5.74) is 3.14. The molecule has 1 unspecified atom stereocenters. The molecule has 3 rings (SSSR count). The number of aliphatic hydroxyl groups is 1. The molecule has 1 N–H and O–H groups in total. The second-order valence-corrected chi connectivity index (χ2v) is 6.65. The molecule has 0 heterocycles. The summed E-state index contributed by atoms with van der Waals surface area (Å²) in [5, 5.41) is 11.2. The monoisotopic (exact) mass is 350 g/mol. The van der Waals surface area contributed by atoms with Gasteiger partial charge in [-0.25, -0.2) is 0 Å². The predicted molar refractivity (Wildman–Crippen MR) is 86.2 cm³/mol. The highest BCUT2D eigenvalue weighted by atomic mass is 79.9. The van der Waals surface area contributed by atoms with Crippen LogP contribution in [0.5, 0.6) is 0 Å². The molecule has 1 saturated carbocycles. The van der Waals surface area contributed by atoms with E-state index in [1.54, 1.807) is 6.07 Å². The summed E-state index contributed by atoms with van der Waals surface area (Å²) in [5.74, 6) is 0.725. The van der Waals surface area contributed by atoms with Gasteiger partial charge in [-0.1, -0.05) is 64.3 Å². The van der Waals surface area contributed by atoms with Gasteiger partial charge in [-0.2, -0.15) is 0 Å². The lowest BCUT2D eigenvalue weighted by Gasteiger charge is -2.26. The molecule has 3 heteroatoms. The third-order valence-corrected chi connectivity index (χ3v) is 5.01. The summed E-state index contributed by atoms with van der Waals surface area (Å²) in [4.78, 5) is 0. The van der Waals surface area contributed by atoms with Crippen LogP contribution in [0.1, 0.15) is 48.0 Å². The molecule has 0 amide bonds. The lowest BCUT2D eigenvalue weighted by molar-refractivity contribution is 0.219. The number of benzene rings is 2. The van der Waals surface area contributed by atoms with Crippen LogP contribution in [0.4, 0.5) is 0 Å². The summed E-state index contributed by atoms with van der Waals surface area (Å²) in [6.07, 6.45) is 3.30. The minimum Gasteiger partial charge on any atom is -0.384 e. The van der Waals surface area contributed by atoms with E-state index in [0.717, 1.165) is 21.5 Å². The van der Waals surface area contributed by atoms with Gasteiger partial charge in [0, 0.05) is 9.50 Å². The normalized spacial score (nSPS) is 16.8. The zero-order valence-corrected chi connectivity index (χ0v) is 13.4. The SMILES string of the molecule is OC(c1ccc(C2CCC2)cc1)c1ccc(Cl)cc1Br. The van der Waals surface area contributed by atoms with Crippen molar-refractivity contribution in [3.63, 3.8) is 0 Å². The van der Waals surface area contributed by atoms with Crippen LogP contribution >= 0.6 is 27.5 Å². The number of hydrogen-bond donors (Lipinski definition) is 1. The van der Waals surface area contributed by atoms with Crippen molar-refractivity contribution < 1.29 is 5.11 Å². The highest BCUT2D eigenvalue weighted by Gasteiger charge is 2.20. The molecule has 2 aromatic carbocycles. The quantitative estimate of drug-likeness (QED) is 0.779. The van der Waals surface area contributed by atoms with Crippen molar-refractivity contribution in [2.75, 3.05) is 0 Å². The number of hydrogen-bond acceptors (Lipinski definition) is 1. The molecule has 1 fully saturated rings. The van der Waals surface area contributed by atoms with E-state index >= 15 is 0 Å². The molecule has 0 saturated heterocycles. The van der Waals surface area contributed by atoms with Gasteiger partial charge >= 0.3 is 0 Å². The van der Waals surface area contributed by atoms with Gasteiger partial charge in [0.15, 0.2) is 0 Å². The Morgan fingerprint density at radius 2 is 1.80 bits per heavy atom. The third kappa shape index (κ3) is 2.78. The van der Waals surface area contributed by atoms with Crippen LogP contribution in [0.2, 0.25) is 5.02 Å². The molecular weight excluding hydrogens is 336 g/mol. The summed E-state index contributed by atoms with van der Waals surface area (Å²) in [7, 11) is 0. The van der Waals surface area contributed by atoms with E-state index in [4.69, 9.17) is 11.6 Å². The number of halogens is 2. The maximum atomic E-state index is 10.5. The average Bonchev–Trinajstić information content (AvgIpc) is 2.37. The van der Waals surface area contributed by atoms with E-state index in [1.165, 1.54) is 24.8 Å². The molecule has 1 atom stereocenters. The van der Waals surface area contributed by atoms with Crippen molar-refractivity contribution in [1.29, 1.82) is 0 Å². The molecule has 1 aliphatic rings. The van der Waals surface area contributed by atoms with E-state index < -0.39 is 6.10 Å². The predicted octanol–water partition coefficient (Wildman–Crippen LogP) is 5.45. The van der Waals surface area contributed by atoms with Crippen molar-refractivity contribution in [2.24, 2.45) is 0 Å². The molecule has 1 nitrogen and oxygen atoms in total. The van der Waals surface area contributed by atoms with Gasteiger partial charge in [0.2, 0.25) is 0 Å². The lowest BCUT2D eigenvalue weighted by Crippen LogP contribution is -2.09. The van der Waals surface area contributed by atoms with Crippen LogP contribution < -0.4 is 0 Å². The largest absolute Gasteiger partial charge is 0.384 e. The van der Waals surface area contributed by atoms with Crippen LogP contribution in [0.15, 0.2) is 46.9 Å². The van der Waals surface area contributed by atoms with E-state index in [9.17, 15) is 5.11 Å². The Bertz CT molecular complexity index is 605. The summed E-state index contributed by atoms with van der Waals surface area (Å²) >= 11 is 9.39. The van der Waals surface area contributed by atoms with Crippen molar-refractivity contribution in [1.82, 2.24) is 0 Å². The van der Waals surface area contributed by atoms with Crippen LogP contribution in [0.3, 0.4) is 0 Å². The maximum Gasteiger partial charge on any atom is 0.105 e. The van der Waals surface area contributed by atoms with Gasteiger partial charge in [-0.05, 0) is 47.6 Å². The Morgan fingerprint density at radius 3 is 2.35 bits per heavy atom. The van der Waals surface area contributed by atoms with E-state index in [1.807, 2.05) is 24.3 Å². The van der Waals surface area contributed by atoms with E-state index in [2.05, 4.69) is 28.1 Å². The van der Waals surface area contributed by atoms with Crippen molar-refractivity contribution in [3.05, 3.63) is 68.7 Å². The summed E-state index contributed by atoms with van der Waals surface area (Å²) in [6, 6.07) is 13.8. The van der Waals surface area contributed by atoms with Gasteiger partial charge in [0.25, 0.3) is 0 Å². The second kappa shape index (κ2) is 5.88. The highest BCUT2D eigenvalue weighted by molar-refractivity contribution is 9.10. The zero-order valence-electron chi connectivity index (χ0n) is 11.0. The first-order chi connectivity index (χ1) is 9.65. The minimum atomic E-state index is -0.628. The first-order valence-corrected chi connectivity index (χ1v) is 8.05. The standard InChI is InChI=1S/C17H16BrClO/c18-16-10-14(19)8-9-15(16)17(20)13-6-4-12(5-7-13)11-2-1-3-11/h4-11,17,20H,1-3H2. The van der Waals surface area contributed by atoms with Crippen molar-refractivity contribution >= 4 is 27.5 Å². The summed E-state index contributed by atoms with van der Waals surface area (Å²) in [6.45, 7) is 0. The fourth-order valence-corrected chi connectivity index (χ4v) is 3.49. The number of rotatable bonds is 3. The Kier molecular flexibility index (Phi) is 4.16. The maximum absolute atomic E-state index is 10.5. The minimum absolute atomic E-state index is 0.628. The third-order valence-electron chi connectivity index (χ3n) is 4.09. The number of aliphatic hydroxyl groups excluding tert-OH is 1. The van der Waals surface area contributed by atoms with Gasteiger partial charge in [0.05, 0.1) is 0 Å². The lowest BCUT2D eigenvalue weighted by atomic mass is 9.80. The Hall–Kier alpha value is -0.830. The van der Waals surface area contributed by atoms with Crippen LogP contribution in [0.25, 0.3) is 0 Å². The molecule has 0 spiro atoms. The van der Waals surface area contributed by atoms with Gasteiger partial charge in [0.1, 0.15) is 6.10 Å². The van der Waals surface area contributed by atoms with Crippen LogP contribution in [0, 0.1) is 0 Å². The van der Waals surface area contributed by atoms with Crippen LogP contribution in [-0.2, 0) is 0 Å². The highest BCUT2D eigenvalue weighted by Crippen LogP contribution is 2.37. The topological polar surface area (TPSA) is 20.2 Å².